The zero-order valence-corrected chi connectivity index (χ0v) is 18.2. The summed E-state index contributed by atoms with van der Waals surface area (Å²) in [6.07, 6.45) is 0. The van der Waals surface area contributed by atoms with Crippen LogP contribution < -0.4 is 9.47 Å². The Morgan fingerprint density at radius 2 is 0.966 bits per heavy atom. The van der Waals surface area contributed by atoms with E-state index in [1.54, 1.807) is 24.3 Å². The molecular formula is C20H24Cl2O6S. The maximum Gasteiger partial charge on any atom is 0.206 e. The summed E-state index contributed by atoms with van der Waals surface area (Å²) in [5, 5.41) is 0. The minimum atomic E-state index is -3.63. The summed E-state index contributed by atoms with van der Waals surface area (Å²) >= 11 is 11.0. The molecule has 0 amide bonds. The molecule has 2 aromatic carbocycles. The number of hydrogen-bond donors (Lipinski definition) is 0. The zero-order valence-electron chi connectivity index (χ0n) is 15.9. The lowest BCUT2D eigenvalue weighted by molar-refractivity contribution is 0.111. The highest BCUT2D eigenvalue weighted by molar-refractivity contribution is 7.91. The third kappa shape index (κ3) is 8.03. The zero-order chi connectivity index (χ0) is 21.0. The lowest BCUT2D eigenvalue weighted by atomic mass is 10.3. The average molecular weight is 463 g/mol. The van der Waals surface area contributed by atoms with Crippen molar-refractivity contribution in [3.05, 3.63) is 48.5 Å². The van der Waals surface area contributed by atoms with Crippen LogP contribution in [0.15, 0.2) is 58.3 Å². The third-order valence-electron chi connectivity index (χ3n) is 3.70. The van der Waals surface area contributed by atoms with Gasteiger partial charge in [0.2, 0.25) is 9.84 Å². The largest absolute Gasteiger partial charge is 0.491 e. The molecule has 0 atom stereocenters. The minimum absolute atomic E-state index is 0.186. The van der Waals surface area contributed by atoms with Gasteiger partial charge in [-0.3, -0.25) is 0 Å². The third-order valence-corrected chi connectivity index (χ3v) is 5.80. The van der Waals surface area contributed by atoms with E-state index in [1.807, 2.05) is 0 Å². The van der Waals surface area contributed by atoms with Crippen molar-refractivity contribution in [2.45, 2.75) is 9.79 Å². The second-order valence-electron chi connectivity index (χ2n) is 5.75. The van der Waals surface area contributed by atoms with Gasteiger partial charge in [-0.25, -0.2) is 8.42 Å². The second kappa shape index (κ2) is 12.9. The van der Waals surface area contributed by atoms with Crippen molar-refractivity contribution >= 4 is 33.0 Å². The fourth-order valence-corrected chi connectivity index (χ4v) is 3.80. The van der Waals surface area contributed by atoms with Crippen molar-refractivity contribution in [2.24, 2.45) is 0 Å². The SMILES string of the molecule is O=S(=O)(c1ccc(OCCOCCCl)cc1)c1ccc(OCCOCCCl)cc1. The Balaban J connectivity index is 1.90. The summed E-state index contributed by atoms with van der Waals surface area (Å²) in [7, 11) is -3.63. The van der Waals surface area contributed by atoms with Gasteiger partial charge < -0.3 is 18.9 Å². The molecular weight excluding hydrogens is 439 g/mol. The number of alkyl halides is 2. The number of ether oxygens (including phenoxy) is 4. The maximum atomic E-state index is 12.8. The van der Waals surface area contributed by atoms with Crippen LogP contribution in [0.2, 0.25) is 0 Å². The highest BCUT2D eigenvalue weighted by Crippen LogP contribution is 2.25. The molecule has 0 saturated carbocycles. The molecule has 0 bridgehead atoms. The topological polar surface area (TPSA) is 71.1 Å². The van der Waals surface area contributed by atoms with E-state index in [-0.39, 0.29) is 9.79 Å². The fraction of sp³-hybridized carbons (Fsp3) is 0.400. The van der Waals surface area contributed by atoms with E-state index in [0.29, 0.717) is 62.9 Å². The number of hydrogen-bond acceptors (Lipinski definition) is 6. The summed E-state index contributed by atoms with van der Waals surface area (Å²) in [4.78, 5) is 0.373. The van der Waals surface area contributed by atoms with Crippen molar-refractivity contribution < 1.29 is 27.4 Å². The van der Waals surface area contributed by atoms with Crippen molar-refractivity contribution in [2.75, 3.05) is 51.4 Å². The predicted octanol–water partition coefficient (Wildman–Crippen LogP) is 3.79. The Kier molecular flexibility index (Phi) is 10.6. The van der Waals surface area contributed by atoms with Crippen LogP contribution in [-0.2, 0) is 19.3 Å². The first-order valence-corrected chi connectivity index (χ1v) is 11.6. The maximum absolute atomic E-state index is 12.8. The molecule has 2 aromatic rings. The molecule has 9 heteroatoms. The molecule has 0 N–H and O–H groups in total. The second-order valence-corrected chi connectivity index (χ2v) is 8.45. The van der Waals surface area contributed by atoms with Gasteiger partial charge in [-0.15, -0.1) is 23.2 Å². The van der Waals surface area contributed by atoms with Gasteiger partial charge in [0.05, 0.1) is 36.2 Å². The molecule has 29 heavy (non-hydrogen) atoms. The first-order valence-electron chi connectivity index (χ1n) is 9.06. The Morgan fingerprint density at radius 3 is 1.31 bits per heavy atom. The van der Waals surface area contributed by atoms with Gasteiger partial charge in [0, 0.05) is 11.8 Å². The first kappa shape index (κ1) is 23.8. The van der Waals surface area contributed by atoms with E-state index >= 15 is 0 Å². The van der Waals surface area contributed by atoms with Crippen LogP contribution in [0.4, 0.5) is 0 Å². The molecule has 0 heterocycles. The van der Waals surface area contributed by atoms with Crippen LogP contribution in [0, 0.1) is 0 Å². The number of rotatable bonds is 14. The quantitative estimate of drug-likeness (QED) is 0.314. The molecule has 0 aliphatic rings. The van der Waals surface area contributed by atoms with Crippen LogP contribution in [0.1, 0.15) is 0 Å². The molecule has 0 aromatic heterocycles. The molecule has 0 spiro atoms. The standard InChI is InChI=1S/C20H24Cl2O6S/c21-9-11-25-13-15-27-17-1-5-19(6-2-17)29(23,24)20-7-3-18(4-8-20)28-16-14-26-12-10-22/h1-8H,9-16H2. The number of sulfone groups is 1. The first-order chi connectivity index (χ1) is 14.1. The van der Waals surface area contributed by atoms with Crippen LogP contribution in [0.3, 0.4) is 0 Å². The average Bonchev–Trinajstić information content (AvgIpc) is 2.74. The van der Waals surface area contributed by atoms with Gasteiger partial charge in [0.1, 0.15) is 24.7 Å². The van der Waals surface area contributed by atoms with Gasteiger partial charge >= 0.3 is 0 Å². The summed E-state index contributed by atoms with van der Waals surface area (Å²) in [6.45, 7) is 2.49. The molecule has 0 saturated heterocycles. The lowest BCUT2D eigenvalue weighted by Crippen LogP contribution is -2.08. The highest BCUT2D eigenvalue weighted by atomic mass is 35.5. The summed E-state index contributed by atoms with van der Waals surface area (Å²) in [5.41, 5.74) is 0. The Hall–Kier alpha value is -1.51. The summed E-state index contributed by atoms with van der Waals surface area (Å²) in [6, 6.07) is 12.5. The monoisotopic (exact) mass is 462 g/mol. The molecule has 2 rings (SSSR count). The van der Waals surface area contributed by atoms with E-state index in [4.69, 9.17) is 42.1 Å². The van der Waals surface area contributed by atoms with Gasteiger partial charge in [0.25, 0.3) is 0 Å². The van der Waals surface area contributed by atoms with Gasteiger partial charge in [-0.2, -0.15) is 0 Å². The van der Waals surface area contributed by atoms with E-state index in [1.165, 1.54) is 24.3 Å². The van der Waals surface area contributed by atoms with E-state index < -0.39 is 9.84 Å². The smallest absolute Gasteiger partial charge is 0.206 e. The Bertz CT molecular complexity index is 746. The molecule has 6 nitrogen and oxygen atoms in total. The van der Waals surface area contributed by atoms with Gasteiger partial charge in [-0.05, 0) is 48.5 Å². The lowest BCUT2D eigenvalue weighted by Gasteiger charge is -2.10. The van der Waals surface area contributed by atoms with Crippen molar-refractivity contribution in [3.63, 3.8) is 0 Å². The summed E-state index contributed by atoms with van der Waals surface area (Å²) in [5.74, 6) is 2.00. The Labute approximate surface area is 181 Å². The van der Waals surface area contributed by atoms with Crippen molar-refractivity contribution in [1.82, 2.24) is 0 Å². The summed E-state index contributed by atoms with van der Waals surface area (Å²) < 4.78 is 47.0. The van der Waals surface area contributed by atoms with Crippen LogP contribution in [-0.4, -0.2) is 59.8 Å². The minimum Gasteiger partial charge on any atom is -0.491 e. The van der Waals surface area contributed by atoms with Gasteiger partial charge in [-0.1, -0.05) is 0 Å². The number of benzene rings is 2. The fourth-order valence-electron chi connectivity index (χ4n) is 2.32. The number of halogens is 2. The molecule has 0 radical (unpaired) electrons. The highest BCUT2D eigenvalue weighted by Gasteiger charge is 2.17. The van der Waals surface area contributed by atoms with Crippen LogP contribution >= 0.6 is 23.2 Å². The van der Waals surface area contributed by atoms with Crippen LogP contribution in [0.5, 0.6) is 11.5 Å². The van der Waals surface area contributed by atoms with Gasteiger partial charge in [0.15, 0.2) is 0 Å². The molecule has 0 aliphatic carbocycles. The molecule has 0 aliphatic heterocycles. The van der Waals surface area contributed by atoms with Crippen molar-refractivity contribution in [1.29, 1.82) is 0 Å². The van der Waals surface area contributed by atoms with Crippen molar-refractivity contribution in [3.8, 4) is 11.5 Å². The molecule has 160 valence electrons. The van der Waals surface area contributed by atoms with E-state index in [9.17, 15) is 8.42 Å². The predicted molar refractivity (Wildman–Crippen MR) is 112 cm³/mol. The van der Waals surface area contributed by atoms with E-state index in [0.717, 1.165) is 0 Å². The Morgan fingerprint density at radius 1 is 0.586 bits per heavy atom. The van der Waals surface area contributed by atoms with E-state index in [2.05, 4.69) is 0 Å². The normalized spacial score (nSPS) is 11.4. The van der Waals surface area contributed by atoms with Crippen LogP contribution in [0.25, 0.3) is 0 Å². The molecule has 0 fully saturated rings. The molecule has 0 unspecified atom stereocenters.